The molecule has 0 saturated heterocycles. The Kier molecular flexibility index (Phi) is 5.59. The van der Waals surface area contributed by atoms with Gasteiger partial charge in [-0.1, -0.05) is 6.92 Å². The molecule has 1 atom stereocenters. The summed E-state index contributed by atoms with van der Waals surface area (Å²) in [5.74, 6) is -0.953. The molecule has 1 aromatic heterocycles. The molecular formula is C10H16N6O4. The highest BCUT2D eigenvalue weighted by atomic mass is 16.6. The Morgan fingerprint density at radius 2 is 2.10 bits per heavy atom. The van der Waals surface area contributed by atoms with E-state index < -0.39 is 16.9 Å². The van der Waals surface area contributed by atoms with Crippen molar-refractivity contribution in [2.24, 2.45) is 5.73 Å². The van der Waals surface area contributed by atoms with Crippen molar-refractivity contribution in [3.8, 4) is 0 Å². The van der Waals surface area contributed by atoms with E-state index in [2.05, 4.69) is 20.6 Å². The molecule has 0 fully saturated rings. The van der Waals surface area contributed by atoms with Crippen LogP contribution in [0.25, 0.3) is 0 Å². The van der Waals surface area contributed by atoms with E-state index in [0.717, 1.165) is 12.7 Å². The van der Waals surface area contributed by atoms with Gasteiger partial charge >= 0.3 is 5.69 Å². The van der Waals surface area contributed by atoms with Crippen molar-refractivity contribution in [3.63, 3.8) is 0 Å². The molecule has 0 aliphatic carbocycles. The van der Waals surface area contributed by atoms with Gasteiger partial charge in [0.05, 0.1) is 11.5 Å². The third-order valence-electron chi connectivity index (χ3n) is 2.34. The molecule has 1 heterocycles. The number of hydrogen-bond donors (Lipinski definition) is 4. The number of nitrogens with one attached hydrogen (secondary N) is 2. The highest BCUT2D eigenvalue weighted by Crippen LogP contribution is 2.28. The minimum absolute atomic E-state index is 0.0721. The molecular weight excluding hydrogens is 268 g/mol. The van der Waals surface area contributed by atoms with Gasteiger partial charge in [-0.3, -0.25) is 14.9 Å². The first kappa shape index (κ1) is 15.6. The first-order chi connectivity index (χ1) is 9.47. The number of aliphatic hydroxyl groups is 1. The summed E-state index contributed by atoms with van der Waals surface area (Å²) in [6.07, 6.45) is 0.450. The number of aliphatic hydroxyl groups excluding tert-OH is 1. The van der Waals surface area contributed by atoms with E-state index >= 15 is 0 Å². The van der Waals surface area contributed by atoms with E-state index in [1.54, 1.807) is 0 Å². The van der Waals surface area contributed by atoms with E-state index in [1.807, 2.05) is 6.92 Å². The monoisotopic (exact) mass is 284 g/mol. The Morgan fingerprint density at radius 1 is 1.50 bits per heavy atom. The molecule has 20 heavy (non-hydrogen) atoms. The lowest BCUT2D eigenvalue weighted by atomic mass is 10.3. The van der Waals surface area contributed by atoms with Crippen LogP contribution < -0.4 is 16.4 Å². The predicted octanol–water partition coefficient (Wildman–Crippen LogP) is -0.535. The van der Waals surface area contributed by atoms with Crippen LogP contribution in [-0.2, 0) is 4.79 Å². The van der Waals surface area contributed by atoms with Crippen LogP contribution in [0.3, 0.4) is 0 Å². The number of nitrogens with two attached hydrogens (primary N) is 1. The number of nitrogens with zero attached hydrogens (tertiary/aromatic N) is 3. The average Bonchev–Trinajstić information content (AvgIpc) is 2.41. The van der Waals surface area contributed by atoms with Crippen molar-refractivity contribution in [2.75, 3.05) is 23.7 Å². The standard InChI is InChI=1S/C10H16N6O4/c1-2-3-12-9-7(16(19)20)10(15-5-14-9)13-4-6(17)8(11)18/h5-6,17H,2-4H2,1H3,(H2,11,18)(H2,12,13,14,15). The van der Waals surface area contributed by atoms with E-state index in [0.29, 0.717) is 6.54 Å². The minimum Gasteiger partial charge on any atom is -0.381 e. The first-order valence-corrected chi connectivity index (χ1v) is 5.91. The number of amides is 1. The predicted molar refractivity (Wildman–Crippen MR) is 71.2 cm³/mol. The number of carbonyl (C=O) groups is 1. The second kappa shape index (κ2) is 7.19. The number of hydrogen-bond acceptors (Lipinski definition) is 8. The molecule has 0 bridgehead atoms. The van der Waals surface area contributed by atoms with Crippen LogP contribution in [0, 0.1) is 10.1 Å². The minimum atomic E-state index is -1.46. The van der Waals surface area contributed by atoms with E-state index in [4.69, 9.17) is 5.73 Å². The van der Waals surface area contributed by atoms with Gasteiger partial charge in [0.25, 0.3) is 0 Å². The average molecular weight is 284 g/mol. The molecule has 10 heteroatoms. The van der Waals surface area contributed by atoms with Gasteiger partial charge in [-0.15, -0.1) is 0 Å². The zero-order valence-electron chi connectivity index (χ0n) is 10.9. The first-order valence-electron chi connectivity index (χ1n) is 5.91. The summed E-state index contributed by atoms with van der Waals surface area (Å²) in [4.78, 5) is 28.7. The van der Waals surface area contributed by atoms with Crippen LogP contribution >= 0.6 is 0 Å². The number of nitro groups is 1. The maximum atomic E-state index is 11.1. The molecule has 10 nitrogen and oxygen atoms in total. The van der Waals surface area contributed by atoms with Gasteiger partial charge in [-0.05, 0) is 6.42 Å². The molecule has 0 spiro atoms. The zero-order chi connectivity index (χ0) is 15.1. The normalized spacial score (nSPS) is 11.7. The quantitative estimate of drug-likeness (QED) is 0.366. The Balaban J connectivity index is 2.94. The molecule has 1 rings (SSSR count). The molecule has 5 N–H and O–H groups in total. The van der Waals surface area contributed by atoms with Crippen molar-refractivity contribution in [2.45, 2.75) is 19.4 Å². The van der Waals surface area contributed by atoms with Crippen molar-refractivity contribution in [1.82, 2.24) is 9.97 Å². The number of primary amides is 1. The summed E-state index contributed by atoms with van der Waals surface area (Å²) in [5.41, 5.74) is 4.54. The Hall–Kier alpha value is -2.49. The zero-order valence-corrected chi connectivity index (χ0v) is 10.9. The molecule has 1 amide bonds. The van der Waals surface area contributed by atoms with Crippen LogP contribution in [0.1, 0.15) is 13.3 Å². The summed E-state index contributed by atoms with van der Waals surface area (Å²) >= 11 is 0. The maximum absolute atomic E-state index is 11.1. The van der Waals surface area contributed by atoms with Crippen LogP contribution in [0.2, 0.25) is 0 Å². The summed E-state index contributed by atoms with van der Waals surface area (Å²) in [6.45, 7) is 2.14. The summed E-state index contributed by atoms with van der Waals surface area (Å²) in [5, 5.41) is 25.7. The summed E-state index contributed by atoms with van der Waals surface area (Å²) in [6, 6.07) is 0. The highest BCUT2D eigenvalue weighted by molar-refractivity contribution is 5.79. The van der Waals surface area contributed by atoms with Gasteiger partial charge in [0.15, 0.2) is 0 Å². The second-order valence-electron chi connectivity index (χ2n) is 3.90. The summed E-state index contributed by atoms with van der Waals surface area (Å²) in [7, 11) is 0. The molecule has 0 aromatic carbocycles. The molecule has 0 radical (unpaired) electrons. The fourth-order valence-corrected chi connectivity index (χ4v) is 1.35. The number of aromatic nitrogens is 2. The topological polar surface area (TPSA) is 156 Å². The van der Waals surface area contributed by atoms with Gasteiger partial charge in [0.1, 0.15) is 12.4 Å². The van der Waals surface area contributed by atoms with Crippen molar-refractivity contribution in [1.29, 1.82) is 0 Å². The van der Waals surface area contributed by atoms with E-state index in [1.165, 1.54) is 0 Å². The second-order valence-corrected chi connectivity index (χ2v) is 3.90. The molecule has 0 aliphatic rings. The van der Waals surface area contributed by atoms with Crippen LogP contribution in [-0.4, -0.2) is 45.1 Å². The van der Waals surface area contributed by atoms with Gasteiger partial charge in [0, 0.05) is 6.54 Å². The van der Waals surface area contributed by atoms with Crippen molar-refractivity contribution in [3.05, 3.63) is 16.4 Å². The Labute approximate surface area is 114 Å². The number of carbonyl (C=O) groups excluding carboxylic acids is 1. The fraction of sp³-hybridized carbons (Fsp3) is 0.500. The SMILES string of the molecule is CCCNc1ncnc(NCC(O)C(N)=O)c1[N+](=O)[O-]. The lowest BCUT2D eigenvalue weighted by Gasteiger charge is -2.11. The van der Waals surface area contributed by atoms with Gasteiger partial charge in [0.2, 0.25) is 17.5 Å². The lowest BCUT2D eigenvalue weighted by Crippen LogP contribution is -2.34. The third kappa shape index (κ3) is 4.02. The maximum Gasteiger partial charge on any atom is 0.353 e. The van der Waals surface area contributed by atoms with E-state index in [-0.39, 0.29) is 23.9 Å². The Bertz CT molecular complexity index is 495. The van der Waals surface area contributed by atoms with Crippen LogP contribution in [0.15, 0.2) is 6.33 Å². The van der Waals surface area contributed by atoms with Crippen LogP contribution in [0.5, 0.6) is 0 Å². The largest absolute Gasteiger partial charge is 0.381 e. The molecule has 0 saturated carbocycles. The van der Waals surface area contributed by atoms with Crippen LogP contribution in [0.4, 0.5) is 17.3 Å². The summed E-state index contributed by atoms with van der Waals surface area (Å²) < 4.78 is 0. The van der Waals surface area contributed by atoms with Crippen molar-refractivity contribution < 1.29 is 14.8 Å². The highest BCUT2D eigenvalue weighted by Gasteiger charge is 2.23. The number of anilines is 2. The van der Waals surface area contributed by atoms with Crippen molar-refractivity contribution >= 4 is 23.2 Å². The Morgan fingerprint density at radius 3 is 2.60 bits per heavy atom. The third-order valence-corrected chi connectivity index (χ3v) is 2.34. The lowest BCUT2D eigenvalue weighted by molar-refractivity contribution is -0.383. The molecule has 0 aliphatic heterocycles. The fourth-order valence-electron chi connectivity index (χ4n) is 1.35. The van der Waals surface area contributed by atoms with E-state index in [9.17, 15) is 20.0 Å². The van der Waals surface area contributed by atoms with Gasteiger partial charge in [-0.25, -0.2) is 9.97 Å². The van der Waals surface area contributed by atoms with Gasteiger partial charge in [-0.2, -0.15) is 0 Å². The number of rotatable bonds is 8. The van der Waals surface area contributed by atoms with Gasteiger partial charge < -0.3 is 21.5 Å². The smallest absolute Gasteiger partial charge is 0.353 e. The molecule has 1 aromatic rings. The molecule has 110 valence electrons. The molecule has 1 unspecified atom stereocenters.